The standard InChI is InChI=1S/C20H21N3O3S/c1-4-17(26-16-9-5-13(2)6-10-16)18(24)21-20-23-22-19(27-20)14-7-11-15(25-3)12-8-14/h5-12,17H,4H2,1-3H3,(H,21,23,24). The molecule has 7 heteroatoms. The first-order chi connectivity index (χ1) is 13.1. The van der Waals surface area contributed by atoms with Gasteiger partial charge in [0.1, 0.15) is 16.5 Å². The van der Waals surface area contributed by atoms with Gasteiger partial charge in [-0.05, 0) is 49.7 Å². The molecule has 0 fully saturated rings. The van der Waals surface area contributed by atoms with E-state index in [1.165, 1.54) is 11.3 Å². The number of aromatic nitrogens is 2. The lowest BCUT2D eigenvalue weighted by molar-refractivity contribution is -0.122. The Morgan fingerprint density at radius 3 is 2.37 bits per heavy atom. The summed E-state index contributed by atoms with van der Waals surface area (Å²) in [6.07, 6.45) is -0.0508. The van der Waals surface area contributed by atoms with E-state index >= 15 is 0 Å². The minimum absolute atomic E-state index is 0.240. The molecule has 3 rings (SSSR count). The first kappa shape index (κ1) is 18.8. The number of hydrogen-bond acceptors (Lipinski definition) is 6. The number of rotatable bonds is 7. The lowest BCUT2D eigenvalue weighted by atomic mass is 10.2. The maximum absolute atomic E-state index is 12.5. The molecular formula is C20H21N3O3S. The van der Waals surface area contributed by atoms with Crippen LogP contribution in [0.4, 0.5) is 5.13 Å². The number of aryl methyl sites for hydroxylation is 1. The van der Waals surface area contributed by atoms with Gasteiger partial charge in [-0.2, -0.15) is 0 Å². The molecule has 0 saturated carbocycles. The van der Waals surface area contributed by atoms with Crippen LogP contribution in [-0.2, 0) is 4.79 Å². The van der Waals surface area contributed by atoms with Crippen molar-refractivity contribution in [1.82, 2.24) is 10.2 Å². The number of ether oxygens (including phenoxy) is 2. The van der Waals surface area contributed by atoms with Crippen molar-refractivity contribution in [3.05, 3.63) is 54.1 Å². The molecule has 0 saturated heterocycles. The van der Waals surface area contributed by atoms with Crippen molar-refractivity contribution < 1.29 is 14.3 Å². The molecule has 0 spiro atoms. The maximum Gasteiger partial charge on any atom is 0.267 e. The number of anilines is 1. The Hall–Kier alpha value is -2.93. The maximum atomic E-state index is 12.5. The summed E-state index contributed by atoms with van der Waals surface area (Å²) in [4.78, 5) is 12.5. The first-order valence-corrected chi connectivity index (χ1v) is 9.43. The van der Waals surface area contributed by atoms with Crippen molar-refractivity contribution in [2.24, 2.45) is 0 Å². The zero-order valence-electron chi connectivity index (χ0n) is 15.4. The van der Waals surface area contributed by atoms with Crippen LogP contribution >= 0.6 is 11.3 Å². The number of nitrogens with one attached hydrogen (secondary N) is 1. The molecule has 3 aromatic rings. The van der Waals surface area contributed by atoms with E-state index in [1.54, 1.807) is 7.11 Å². The number of nitrogens with zero attached hydrogens (tertiary/aromatic N) is 2. The summed E-state index contributed by atoms with van der Waals surface area (Å²) < 4.78 is 11.0. The van der Waals surface area contributed by atoms with E-state index in [2.05, 4.69) is 15.5 Å². The molecule has 0 bridgehead atoms. The van der Waals surface area contributed by atoms with Gasteiger partial charge in [-0.1, -0.05) is 36.0 Å². The minimum atomic E-state index is -0.596. The number of amides is 1. The summed E-state index contributed by atoms with van der Waals surface area (Å²) in [6.45, 7) is 3.91. The Bertz CT molecular complexity index is 892. The van der Waals surface area contributed by atoms with Crippen LogP contribution in [0.2, 0.25) is 0 Å². The van der Waals surface area contributed by atoms with Gasteiger partial charge < -0.3 is 9.47 Å². The zero-order chi connectivity index (χ0) is 19.2. The average Bonchev–Trinajstić information content (AvgIpc) is 3.16. The molecule has 1 atom stereocenters. The fourth-order valence-electron chi connectivity index (χ4n) is 2.41. The second-order valence-electron chi connectivity index (χ2n) is 5.96. The fraction of sp³-hybridized carbons (Fsp3) is 0.250. The molecule has 1 aromatic heterocycles. The molecule has 1 unspecified atom stereocenters. The predicted octanol–water partition coefficient (Wildman–Crippen LogP) is 4.32. The molecule has 2 aromatic carbocycles. The van der Waals surface area contributed by atoms with E-state index < -0.39 is 6.10 Å². The minimum Gasteiger partial charge on any atom is -0.497 e. The fourth-order valence-corrected chi connectivity index (χ4v) is 3.17. The summed E-state index contributed by atoms with van der Waals surface area (Å²) >= 11 is 1.31. The molecule has 1 heterocycles. The highest BCUT2D eigenvalue weighted by molar-refractivity contribution is 7.18. The third kappa shape index (κ3) is 4.83. The van der Waals surface area contributed by atoms with E-state index in [0.717, 1.165) is 21.9 Å². The Morgan fingerprint density at radius 2 is 1.74 bits per heavy atom. The average molecular weight is 383 g/mol. The van der Waals surface area contributed by atoms with Crippen molar-refractivity contribution in [3.8, 4) is 22.1 Å². The van der Waals surface area contributed by atoms with Crippen molar-refractivity contribution in [3.63, 3.8) is 0 Å². The van der Waals surface area contributed by atoms with E-state index in [9.17, 15) is 4.79 Å². The van der Waals surface area contributed by atoms with Crippen LogP contribution in [-0.4, -0.2) is 29.3 Å². The molecule has 1 N–H and O–H groups in total. The summed E-state index contributed by atoms with van der Waals surface area (Å²) in [6, 6.07) is 15.1. The summed E-state index contributed by atoms with van der Waals surface area (Å²) in [5.41, 5.74) is 2.05. The Morgan fingerprint density at radius 1 is 1.07 bits per heavy atom. The van der Waals surface area contributed by atoms with Gasteiger partial charge in [0.2, 0.25) is 5.13 Å². The highest BCUT2D eigenvalue weighted by Crippen LogP contribution is 2.28. The molecular weight excluding hydrogens is 362 g/mol. The van der Waals surface area contributed by atoms with Gasteiger partial charge in [-0.15, -0.1) is 10.2 Å². The summed E-state index contributed by atoms with van der Waals surface area (Å²) in [7, 11) is 1.62. The zero-order valence-corrected chi connectivity index (χ0v) is 16.2. The molecule has 0 radical (unpaired) electrons. The first-order valence-electron chi connectivity index (χ1n) is 8.61. The molecule has 0 aliphatic carbocycles. The highest BCUT2D eigenvalue weighted by atomic mass is 32.1. The van der Waals surface area contributed by atoms with Gasteiger partial charge in [0.15, 0.2) is 6.10 Å². The third-order valence-corrected chi connectivity index (χ3v) is 4.84. The smallest absolute Gasteiger partial charge is 0.267 e. The van der Waals surface area contributed by atoms with Gasteiger partial charge >= 0.3 is 0 Å². The van der Waals surface area contributed by atoms with Crippen molar-refractivity contribution in [2.75, 3.05) is 12.4 Å². The van der Waals surface area contributed by atoms with Crippen molar-refractivity contribution in [2.45, 2.75) is 26.4 Å². The van der Waals surface area contributed by atoms with E-state index in [4.69, 9.17) is 9.47 Å². The SMILES string of the molecule is CCC(Oc1ccc(C)cc1)C(=O)Nc1nnc(-c2ccc(OC)cc2)s1. The largest absolute Gasteiger partial charge is 0.497 e. The van der Waals surface area contributed by atoms with Crippen LogP contribution in [0.15, 0.2) is 48.5 Å². The van der Waals surface area contributed by atoms with Crippen LogP contribution in [0, 0.1) is 6.92 Å². The molecule has 140 valence electrons. The van der Waals surface area contributed by atoms with Crippen LogP contribution in [0.25, 0.3) is 10.6 Å². The topological polar surface area (TPSA) is 73.3 Å². The van der Waals surface area contributed by atoms with Gasteiger partial charge in [0, 0.05) is 5.56 Å². The number of carbonyl (C=O) groups excluding carboxylic acids is 1. The lowest BCUT2D eigenvalue weighted by Crippen LogP contribution is -2.32. The van der Waals surface area contributed by atoms with Crippen LogP contribution < -0.4 is 14.8 Å². The molecule has 0 aliphatic rings. The molecule has 1 amide bonds. The molecule has 6 nitrogen and oxygen atoms in total. The predicted molar refractivity (Wildman–Crippen MR) is 106 cm³/mol. The van der Waals surface area contributed by atoms with Gasteiger partial charge in [-0.25, -0.2) is 0 Å². The van der Waals surface area contributed by atoms with Crippen molar-refractivity contribution >= 4 is 22.4 Å². The summed E-state index contributed by atoms with van der Waals surface area (Å²) in [5.74, 6) is 1.20. The summed E-state index contributed by atoms with van der Waals surface area (Å²) in [5, 5.41) is 12.2. The second kappa shape index (κ2) is 8.64. The Kier molecular flexibility index (Phi) is 6.03. The van der Waals surface area contributed by atoms with Crippen molar-refractivity contribution in [1.29, 1.82) is 0 Å². The lowest BCUT2D eigenvalue weighted by Gasteiger charge is -2.16. The van der Waals surface area contributed by atoms with Crippen LogP contribution in [0.1, 0.15) is 18.9 Å². The monoisotopic (exact) mass is 383 g/mol. The van der Waals surface area contributed by atoms with E-state index in [-0.39, 0.29) is 5.91 Å². The normalized spacial score (nSPS) is 11.7. The van der Waals surface area contributed by atoms with Gasteiger partial charge in [-0.3, -0.25) is 10.1 Å². The second-order valence-corrected chi connectivity index (χ2v) is 6.94. The highest BCUT2D eigenvalue weighted by Gasteiger charge is 2.20. The Balaban J connectivity index is 1.65. The number of hydrogen-bond donors (Lipinski definition) is 1. The molecule has 0 aliphatic heterocycles. The molecule has 27 heavy (non-hydrogen) atoms. The van der Waals surface area contributed by atoms with E-state index in [0.29, 0.717) is 17.3 Å². The number of methoxy groups -OCH3 is 1. The Labute approximate surface area is 162 Å². The third-order valence-electron chi connectivity index (χ3n) is 3.95. The van der Waals surface area contributed by atoms with E-state index in [1.807, 2.05) is 62.4 Å². The van der Waals surface area contributed by atoms with Gasteiger partial charge in [0.05, 0.1) is 7.11 Å². The van der Waals surface area contributed by atoms with Crippen LogP contribution in [0.3, 0.4) is 0 Å². The number of benzene rings is 2. The van der Waals surface area contributed by atoms with Gasteiger partial charge in [0.25, 0.3) is 5.91 Å². The number of carbonyl (C=O) groups is 1. The quantitative estimate of drug-likeness (QED) is 0.658. The van der Waals surface area contributed by atoms with Crippen LogP contribution in [0.5, 0.6) is 11.5 Å².